The first-order valence-corrected chi connectivity index (χ1v) is 9.13. The van der Waals surface area contributed by atoms with Crippen molar-refractivity contribution in [1.29, 1.82) is 0 Å². The van der Waals surface area contributed by atoms with E-state index >= 15 is 0 Å². The minimum Gasteiger partial charge on any atom is -0.355 e. The lowest BCUT2D eigenvalue weighted by Crippen LogP contribution is -2.43. The van der Waals surface area contributed by atoms with Crippen LogP contribution in [-0.2, 0) is 16.3 Å². The number of hydrogen-bond acceptors (Lipinski definition) is 5. The average molecular weight is 309 g/mol. The van der Waals surface area contributed by atoms with Gasteiger partial charge in [0.05, 0.1) is 11.5 Å². The van der Waals surface area contributed by atoms with Gasteiger partial charge in [0.15, 0.2) is 15.8 Å². The van der Waals surface area contributed by atoms with Crippen LogP contribution in [0.15, 0.2) is 35.3 Å². The third-order valence-corrected chi connectivity index (χ3v) is 5.17. The topological polar surface area (TPSA) is 61.8 Å². The number of aliphatic imine (C=N–C) groups is 1. The van der Waals surface area contributed by atoms with Crippen molar-refractivity contribution in [1.82, 2.24) is 10.2 Å². The Hall–Kier alpha value is -1.56. The van der Waals surface area contributed by atoms with E-state index < -0.39 is 9.84 Å². The Morgan fingerprint density at radius 2 is 2.00 bits per heavy atom. The van der Waals surface area contributed by atoms with E-state index in [4.69, 9.17) is 0 Å². The molecule has 21 heavy (non-hydrogen) atoms. The molecule has 0 saturated heterocycles. The molecule has 0 saturated carbocycles. The molecule has 1 aromatic carbocycles. The molecular weight excluding hydrogens is 286 g/mol. The van der Waals surface area contributed by atoms with Crippen molar-refractivity contribution in [2.45, 2.75) is 12.8 Å². The largest absolute Gasteiger partial charge is 0.355 e. The van der Waals surface area contributed by atoms with Gasteiger partial charge in [-0.15, -0.1) is 0 Å². The molecule has 1 aliphatic rings. The number of rotatable bonds is 6. The lowest BCUT2D eigenvalue weighted by molar-refractivity contribution is 0.448. The molecule has 0 atom stereocenters. The number of guanidine groups is 1. The average Bonchev–Trinajstić information content (AvgIpc) is 2.48. The molecule has 0 aromatic heterocycles. The second-order valence-corrected chi connectivity index (χ2v) is 7.60. The molecule has 0 unspecified atom stereocenters. The standard InChI is InChI=1S/C15H23N3O2S/c1-18-11-5-9-16-15(18)17-10-13-21(19,20)12-8-14-6-3-2-4-7-14/h2-4,6-7H,5,8-13H2,1H3,(H,16,17). The smallest absolute Gasteiger partial charge is 0.193 e. The van der Waals surface area contributed by atoms with Gasteiger partial charge in [0, 0.05) is 26.7 Å². The number of benzene rings is 1. The summed E-state index contributed by atoms with van der Waals surface area (Å²) in [6.45, 7) is 2.19. The Morgan fingerprint density at radius 3 is 2.71 bits per heavy atom. The van der Waals surface area contributed by atoms with E-state index in [-0.39, 0.29) is 11.5 Å². The Kier molecular flexibility index (Phi) is 5.61. The van der Waals surface area contributed by atoms with E-state index in [9.17, 15) is 8.42 Å². The number of hydrogen-bond donors (Lipinski definition) is 1. The fraction of sp³-hybridized carbons (Fsp3) is 0.533. The molecule has 0 radical (unpaired) electrons. The first-order chi connectivity index (χ1) is 10.1. The van der Waals surface area contributed by atoms with Gasteiger partial charge in [-0.05, 0) is 18.4 Å². The molecule has 1 aromatic rings. The lowest BCUT2D eigenvalue weighted by Gasteiger charge is -2.25. The third-order valence-electron chi connectivity index (χ3n) is 3.52. The van der Waals surface area contributed by atoms with Crippen molar-refractivity contribution >= 4 is 15.8 Å². The van der Waals surface area contributed by atoms with E-state index in [1.165, 1.54) is 0 Å². The first-order valence-electron chi connectivity index (χ1n) is 7.31. The van der Waals surface area contributed by atoms with Gasteiger partial charge in [-0.1, -0.05) is 30.3 Å². The molecule has 0 fully saturated rings. The maximum atomic E-state index is 12.0. The van der Waals surface area contributed by atoms with Crippen LogP contribution in [0.2, 0.25) is 0 Å². The highest BCUT2D eigenvalue weighted by Gasteiger charge is 2.14. The van der Waals surface area contributed by atoms with Gasteiger partial charge >= 0.3 is 0 Å². The van der Waals surface area contributed by atoms with E-state index in [2.05, 4.69) is 10.3 Å². The van der Waals surface area contributed by atoms with E-state index in [1.807, 2.05) is 42.3 Å². The van der Waals surface area contributed by atoms with E-state index in [0.717, 1.165) is 31.0 Å². The molecule has 1 N–H and O–H groups in total. The molecule has 0 amide bonds. The molecule has 5 nitrogen and oxygen atoms in total. The summed E-state index contributed by atoms with van der Waals surface area (Å²) in [5.74, 6) is 1.15. The summed E-state index contributed by atoms with van der Waals surface area (Å²) in [6.07, 6.45) is 1.63. The highest BCUT2D eigenvalue weighted by molar-refractivity contribution is 7.91. The number of sulfone groups is 1. The zero-order valence-electron chi connectivity index (χ0n) is 12.5. The van der Waals surface area contributed by atoms with Crippen LogP contribution >= 0.6 is 0 Å². The Bertz CT molecular complexity index is 570. The number of nitrogens with zero attached hydrogens (tertiary/aromatic N) is 2. The van der Waals surface area contributed by atoms with E-state index in [1.54, 1.807) is 0 Å². The molecule has 0 spiro atoms. The van der Waals surface area contributed by atoms with Crippen LogP contribution in [0.25, 0.3) is 0 Å². The first kappa shape index (κ1) is 15.8. The van der Waals surface area contributed by atoms with Gasteiger partial charge in [0.25, 0.3) is 0 Å². The summed E-state index contributed by atoms with van der Waals surface area (Å²) in [4.78, 5) is 6.39. The van der Waals surface area contributed by atoms with Crippen LogP contribution in [-0.4, -0.2) is 57.5 Å². The second kappa shape index (κ2) is 7.45. The van der Waals surface area contributed by atoms with E-state index in [0.29, 0.717) is 13.0 Å². The monoisotopic (exact) mass is 309 g/mol. The Morgan fingerprint density at radius 1 is 1.24 bits per heavy atom. The summed E-state index contributed by atoms with van der Waals surface area (Å²) < 4.78 is 24.1. The second-order valence-electron chi connectivity index (χ2n) is 5.29. The molecule has 116 valence electrons. The molecule has 1 heterocycles. The fourth-order valence-corrected chi connectivity index (χ4v) is 3.41. The van der Waals surface area contributed by atoms with Crippen LogP contribution in [0.5, 0.6) is 0 Å². The van der Waals surface area contributed by atoms with Crippen molar-refractivity contribution in [3.63, 3.8) is 0 Å². The molecule has 1 aliphatic heterocycles. The highest BCUT2D eigenvalue weighted by Crippen LogP contribution is 2.03. The summed E-state index contributed by atoms with van der Waals surface area (Å²) in [7, 11) is -1.07. The molecular formula is C15H23N3O2S. The van der Waals surface area contributed by atoms with Gasteiger partial charge in [0.2, 0.25) is 0 Å². The Labute approximate surface area is 127 Å². The molecule has 6 heteroatoms. The number of aryl methyl sites for hydroxylation is 1. The lowest BCUT2D eigenvalue weighted by atomic mass is 10.2. The summed E-state index contributed by atoms with van der Waals surface area (Å²) in [5, 5.41) is 3.12. The quantitative estimate of drug-likeness (QED) is 0.849. The van der Waals surface area contributed by atoms with Gasteiger partial charge in [0.1, 0.15) is 0 Å². The predicted octanol–water partition coefficient (Wildman–Crippen LogP) is 0.925. The normalized spacial score (nSPS) is 15.7. The SMILES string of the molecule is CN1CCCN=C1NCCS(=O)(=O)CCc1ccccc1. The third kappa shape index (κ3) is 5.38. The van der Waals surface area contributed by atoms with Crippen LogP contribution in [0.3, 0.4) is 0 Å². The summed E-state index contributed by atoms with van der Waals surface area (Å²) in [5.41, 5.74) is 1.06. The van der Waals surface area contributed by atoms with Crippen molar-refractivity contribution in [2.75, 3.05) is 38.2 Å². The fourth-order valence-electron chi connectivity index (χ4n) is 2.25. The summed E-state index contributed by atoms with van der Waals surface area (Å²) >= 11 is 0. The van der Waals surface area contributed by atoms with Gasteiger partial charge in [-0.3, -0.25) is 4.99 Å². The van der Waals surface area contributed by atoms with Crippen molar-refractivity contribution in [3.05, 3.63) is 35.9 Å². The minimum atomic E-state index is -3.03. The molecule has 2 rings (SSSR count). The zero-order valence-corrected chi connectivity index (χ0v) is 13.3. The highest BCUT2D eigenvalue weighted by atomic mass is 32.2. The Balaban J connectivity index is 1.75. The molecule has 0 bridgehead atoms. The van der Waals surface area contributed by atoms with Crippen LogP contribution in [0.4, 0.5) is 0 Å². The molecule has 0 aliphatic carbocycles. The van der Waals surface area contributed by atoms with Crippen LogP contribution in [0.1, 0.15) is 12.0 Å². The summed E-state index contributed by atoms with van der Waals surface area (Å²) in [6, 6.07) is 9.71. The maximum absolute atomic E-state index is 12.0. The zero-order chi connectivity index (χ0) is 15.1. The van der Waals surface area contributed by atoms with Crippen molar-refractivity contribution in [3.8, 4) is 0 Å². The number of nitrogens with one attached hydrogen (secondary N) is 1. The predicted molar refractivity (Wildman–Crippen MR) is 86.4 cm³/mol. The minimum absolute atomic E-state index is 0.146. The van der Waals surface area contributed by atoms with Gasteiger partial charge in [-0.2, -0.15) is 0 Å². The van der Waals surface area contributed by atoms with Crippen molar-refractivity contribution in [2.24, 2.45) is 4.99 Å². The van der Waals surface area contributed by atoms with Crippen LogP contribution < -0.4 is 5.32 Å². The maximum Gasteiger partial charge on any atom is 0.193 e. The van der Waals surface area contributed by atoms with Gasteiger partial charge in [-0.25, -0.2) is 8.42 Å². The van der Waals surface area contributed by atoms with Gasteiger partial charge < -0.3 is 10.2 Å². The van der Waals surface area contributed by atoms with Crippen LogP contribution in [0, 0.1) is 0 Å². The van der Waals surface area contributed by atoms with Crippen molar-refractivity contribution < 1.29 is 8.42 Å².